The van der Waals surface area contributed by atoms with E-state index in [-0.39, 0.29) is 20.9 Å². The molecule has 0 aliphatic rings. The smallest absolute Gasteiger partial charge is 0.261 e. The molecule has 0 radical (unpaired) electrons. The van der Waals surface area contributed by atoms with E-state index in [1.165, 1.54) is 42.9 Å². The van der Waals surface area contributed by atoms with Crippen molar-refractivity contribution >= 4 is 39.2 Å². The molecule has 2 aromatic heterocycles. The van der Waals surface area contributed by atoms with Crippen LogP contribution >= 0.6 is 23.2 Å². The van der Waals surface area contributed by atoms with Gasteiger partial charge in [-0.3, -0.25) is 4.98 Å². The van der Waals surface area contributed by atoms with E-state index in [1.807, 2.05) is 0 Å². The van der Waals surface area contributed by atoms with Crippen LogP contribution in [0.4, 0.5) is 10.3 Å². The Morgan fingerprint density at radius 3 is 2.28 bits per heavy atom. The zero-order chi connectivity index (χ0) is 18.0. The highest BCUT2D eigenvalue weighted by Gasteiger charge is 2.17. The molecule has 2 heterocycles. The topological polar surface area (TPSA) is 84.8 Å². The minimum Gasteiger partial charge on any atom is -0.261 e. The van der Waals surface area contributed by atoms with Crippen LogP contribution in [0.25, 0.3) is 11.1 Å². The van der Waals surface area contributed by atoms with Crippen molar-refractivity contribution in [1.29, 1.82) is 0 Å². The van der Waals surface area contributed by atoms with Crippen LogP contribution in [0.2, 0.25) is 10.0 Å². The number of pyridine rings is 1. The highest BCUT2D eigenvalue weighted by Crippen LogP contribution is 2.25. The molecule has 25 heavy (non-hydrogen) atoms. The highest BCUT2D eigenvalue weighted by molar-refractivity contribution is 7.92. The summed E-state index contributed by atoms with van der Waals surface area (Å²) in [6, 6.07) is 5.17. The SMILES string of the molecule is O=S(=O)(Nc1ncc(-c2cncc(F)c2)cn1)c1ccc(Cl)c(Cl)c1. The molecule has 0 unspecified atom stereocenters. The van der Waals surface area contributed by atoms with Gasteiger partial charge in [-0.15, -0.1) is 0 Å². The first-order chi connectivity index (χ1) is 11.8. The second-order valence-electron chi connectivity index (χ2n) is 4.87. The minimum absolute atomic E-state index is 0.0797. The van der Waals surface area contributed by atoms with Crippen molar-refractivity contribution in [2.75, 3.05) is 4.72 Å². The third-order valence-corrected chi connectivity index (χ3v) is 5.18. The van der Waals surface area contributed by atoms with E-state index in [2.05, 4.69) is 19.7 Å². The molecule has 0 saturated carbocycles. The van der Waals surface area contributed by atoms with Crippen LogP contribution in [-0.4, -0.2) is 23.4 Å². The van der Waals surface area contributed by atoms with E-state index in [0.29, 0.717) is 11.1 Å². The predicted octanol–water partition coefficient (Wildman–Crippen LogP) is 3.79. The molecule has 0 saturated heterocycles. The van der Waals surface area contributed by atoms with Gasteiger partial charge < -0.3 is 0 Å². The average Bonchev–Trinajstić information content (AvgIpc) is 2.57. The second-order valence-corrected chi connectivity index (χ2v) is 7.37. The van der Waals surface area contributed by atoms with Crippen LogP contribution in [0.5, 0.6) is 0 Å². The largest absolute Gasteiger partial charge is 0.264 e. The van der Waals surface area contributed by atoms with Crippen LogP contribution in [0, 0.1) is 5.82 Å². The van der Waals surface area contributed by atoms with Gasteiger partial charge in [0.05, 0.1) is 21.1 Å². The van der Waals surface area contributed by atoms with Gasteiger partial charge in [0.15, 0.2) is 0 Å². The van der Waals surface area contributed by atoms with Crippen LogP contribution in [0.15, 0.2) is 53.9 Å². The second kappa shape index (κ2) is 6.91. The predicted molar refractivity (Wildman–Crippen MR) is 92.5 cm³/mol. The van der Waals surface area contributed by atoms with Gasteiger partial charge in [0.2, 0.25) is 5.95 Å². The Labute approximate surface area is 152 Å². The Bertz CT molecular complexity index is 1030. The van der Waals surface area contributed by atoms with Gasteiger partial charge in [-0.05, 0) is 24.3 Å². The van der Waals surface area contributed by atoms with Crippen molar-refractivity contribution in [3.8, 4) is 11.1 Å². The molecule has 0 spiro atoms. The summed E-state index contributed by atoms with van der Waals surface area (Å²) >= 11 is 11.6. The van der Waals surface area contributed by atoms with Crippen molar-refractivity contribution in [2.45, 2.75) is 4.90 Å². The quantitative estimate of drug-likeness (QED) is 0.722. The minimum atomic E-state index is -3.93. The Kier molecular flexibility index (Phi) is 4.85. The Hall–Kier alpha value is -2.29. The maximum atomic E-state index is 13.2. The van der Waals surface area contributed by atoms with Gasteiger partial charge in [0, 0.05) is 29.7 Å². The number of anilines is 1. The number of aromatic nitrogens is 3. The molecule has 0 aliphatic carbocycles. The molecule has 1 aromatic carbocycles. The number of hydrogen-bond acceptors (Lipinski definition) is 5. The fraction of sp³-hybridized carbons (Fsp3) is 0. The van der Waals surface area contributed by atoms with Crippen LogP contribution in [0.3, 0.4) is 0 Å². The lowest BCUT2D eigenvalue weighted by atomic mass is 10.1. The molecule has 3 aromatic rings. The number of nitrogens with zero attached hydrogens (tertiary/aromatic N) is 3. The Balaban J connectivity index is 1.84. The van der Waals surface area contributed by atoms with E-state index in [4.69, 9.17) is 23.2 Å². The summed E-state index contributed by atoms with van der Waals surface area (Å²) in [6.07, 6.45) is 5.23. The van der Waals surface area contributed by atoms with Gasteiger partial charge in [-0.1, -0.05) is 23.2 Å². The molecule has 0 fully saturated rings. The molecule has 128 valence electrons. The van der Waals surface area contributed by atoms with Crippen LogP contribution in [-0.2, 0) is 10.0 Å². The maximum Gasteiger partial charge on any atom is 0.264 e. The van der Waals surface area contributed by atoms with E-state index in [9.17, 15) is 12.8 Å². The molecule has 0 bridgehead atoms. The molecule has 0 aliphatic heterocycles. The molecule has 1 N–H and O–H groups in total. The molecule has 6 nitrogen and oxygen atoms in total. The number of rotatable bonds is 4. The van der Waals surface area contributed by atoms with Gasteiger partial charge in [-0.2, -0.15) is 0 Å². The monoisotopic (exact) mass is 398 g/mol. The van der Waals surface area contributed by atoms with Crippen molar-refractivity contribution < 1.29 is 12.8 Å². The van der Waals surface area contributed by atoms with Gasteiger partial charge in [-0.25, -0.2) is 27.5 Å². The molecular weight excluding hydrogens is 390 g/mol. The van der Waals surface area contributed by atoms with Crippen LogP contribution in [0.1, 0.15) is 0 Å². The van der Waals surface area contributed by atoms with Crippen molar-refractivity contribution in [3.05, 3.63) is 64.9 Å². The summed E-state index contributed by atoms with van der Waals surface area (Å²) in [5.74, 6) is -0.638. The fourth-order valence-corrected chi connectivity index (χ4v) is 3.27. The normalized spacial score (nSPS) is 11.3. The summed E-state index contributed by atoms with van der Waals surface area (Å²) < 4.78 is 40.0. The lowest BCUT2D eigenvalue weighted by molar-refractivity contribution is 0.601. The molecule has 10 heteroatoms. The van der Waals surface area contributed by atoms with Gasteiger partial charge >= 0.3 is 0 Å². The summed E-state index contributed by atoms with van der Waals surface area (Å²) in [5.41, 5.74) is 0.961. The third-order valence-electron chi connectivity index (χ3n) is 3.12. The lowest BCUT2D eigenvalue weighted by Gasteiger charge is -2.08. The molecule has 0 atom stereocenters. The van der Waals surface area contributed by atoms with E-state index in [1.54, 1.807) is 0 Å². The summed E-state index contributed by atoms with van der Waals surface area (Å²) in [7, 11) is -3.93. The van der Waals surface area contributed by atoms with Gasteiger partial charge in [0.25, 0.3) is 10.0 Å². The maximum absolute atomic E-state index is 13.2. The zero-order valence-corrected chi connectivity index (χ0v) is 14.6. The van der Waals surface area contributed by atoms with Crippen LogP contribution < -0.4 is 4.72 Å². The number of benzene rings is 1. The van der Waals surface area contributed by atoms with E-state index >= 15 is 0 Å². The number of halogens is 3. The standard InChI is InChI=1S/C15H9Cl2FN4O2S/c16-13-2-1-12(4-14(13)17)25(23,24)22-15-20-6-10(7-21-15)9-3-11(18)8-19-5-9/h1-8H,(H,20,21,22). The number of sulfonamides is 1. The summed E-state index contributed by atoms with van der Waals surface area (Å²) in [5, 5.41) is 0.351. The summed E-state index contributed by atoms with van der Waals surface area (Å²) in [6.45, 7) is 0. The number of nitrogens with one attached hydrogen (secondary N) is 1. The third kappa shape index (κ3) is 4.04. The first-order valence-corrected chi connectivity index (χ1v) is 9.00. The lowest BCUT2D eigenvalue weighted by Crippen LogP contribution is -2.15. The van der Waals surface area contributed by atoms with Crippen molar-refractivity contribution in [3.63, 3.8) is 0 Å². The fourth-order valence-electron chi connectivity index (χ4n) is 1.92. The van der Waals surface area contributed by atoms with Crippen molar-refractivity contribution in [2.24, 2.45) is 0 Å². The van der Waals surface area contributed by atoms with Crippen molar-refractivity contribution in [1.82, 2.24) is 15.0 Å². The highest BCUT2D eigenvalue weighted by atomic mass is 35.5. The Morgan fingerprint density at radius 2 is 1.64 bits per heavy atom. The van der Waals surface area contributed by atoms with E-state index < -0.39 is 15.8 Å². The molecule has 3 rings (SSSR count). The first kappa shape index (κ1) is 17.5. The molecule has 0 amide bonds. The van der Waals surface area contributed by atoms with E-state index in [0.717, 1.165) is 6.20 Å². The first-order valence-electron chi connectivity index (χ1n) is 6.76. The van der Waals surface area contributed by atoms with Gasteiger partial charge in [0.1, 0.15) is 5.82 Å². The summed E-state index contributed by atoms with van der Waals surface area (Å²) in [4.78, 5) is 11.5. The average molecular weight is 399 g/mol. The molecular formula is C15H9Cl2FN4O2S. The number of hydrogen-bond donors (Lipinski definition) is 1. The Morgan fingerprint density at radius 1 is 0.920 bits per heavy atom. The zero-order valence-electron chi connectivity index (χ0n) is 12.3.